The van der Waals surface area contributed by atoms with Gasteiger partial charge in [-0.2, -0.15) is 0 Å². The van der Waals surface area contributed by atoms with Crippen LogP contribution in [0.1, 0.15) is 5.56 Å². The van der Waals surface area contributed by atoms with E-state index in [1.807, 2.05) is 50.4 Å². The van der Waals surface area contributed by atoms with Crippen LogP contribution in [0.5, 0.6) is 11.5 Å². The van der Waals surface area contributed by atoms with Crippen molar-refractivity contribution in [2.24, 2.45) is 12.8 Å². The Bertz CT molecular complexity index is 1220. The van der Waals surface area contributed by atoms with E-state index in [2.05, 4.69) is 9.88 Å². The summed E-state index contributed by atoms with van der Waals surface area (Å²) in [6.45, 7) is 3.88. The van der Waals surface area contributed by atoms with E-state index in [0.29, 0.717) is 51.4 Å². The zero-order valence-electron chi connectivity index (χ0n) is 22.7. The molecule has 0 radical (unpaired) electrons. The van der Waals surface area contributed by atoms with Gasteiger partial charge < -0.3 is 39.0 Å². The molecule has 2 heterocycles. The van der Waals surface area contributed by atoms with E-state index in [4.69, 9.17) is 24.7 Å². The topological polar surface area (TPSA) is 104 Å². The first-order chi connectivity index (χ1) is 17.8. The first-order valence-electron chi connectivity index (χ1n) is 12.3. The summed E-state index contributed by atoms with van der Waals surface area (Å²) >= 11 is 0. The van der Waals surface area contributed by atoms with Crippen LogP contribution in [0.25, 0.3) is 21.9 Å². The molecule has 0 aliphatic heterocycles. The molecule has 0 saturated carbocycles. The largest absolute Gasteiger partial charge is 0.496 e. The van der Waals surface area contributed by atoms with Crippen molar-refractivity contribution in [1.82, 2.24) is 14.5 Å². The average Bonchev–Trinajstić information content (AvgIpc) is 2.89. The molecule has 2 N–H and O–H groups in total. The Balaban J connectivity index is 1.97. The van der Waals surface area contributed by atoms with Crippen LogP contribution in [-0.4, -0.2) is 89.3 Å². The van der Waals surface area contributed by atoms with Crippen molar-refractivity contribution in [2.45, 2.75) is 6.54 Å². The number of hydrogen-bond acceptors (Lipinski definition) is 9. The van der Waals surface area contributed by atoms with Gasteiger partial charge in [0.2, 0.25) is 0 Å². The molecule has 3 rings (SSSR count). The summed E-state index contributed by atoms with van der Waals surface area (Å²) in [5, 5.41) is 1.35. The molecule has 0 aliphatic rings. The maximum Gasteiger partial charge on any atom is 0.259 e. The van der Waals surface area contributed by atoms with Gasteiger partial charge >= 0.3 is 0 Å². The fourth-order valence-electron chi connectivity index (χ4n) is 4.12. The summed E-state index contributed by atoms with van der Waals surface area (Å²) < 4.78 is 24.0. The first-order valence-corrected chi connectivity index (χ1v) is 12.3. The van der Waals surface area contributed by atoms with E-state index in [1.165, 1.54) is 0 Å². The molecular formula is C27H39N5O5. The molecule has 10 nitrogen and oxygen atoms in total. The van der Waals surface area contributed by atoms with Crippen LogP contribution < -0.4 is 25.7 Å². The number of rotatable bonds is 14. The van der Waals surface area contributed by atoms with Gasteiger partial charge in [-0.1, -0.05) is 0 Å². The molecule has 37 heavy (non-hydrogen) atoms. The Morgan fingerprint density at radius 1 is 0.946 bits per heavy atom. The van der Waals surface area contributed by atoms with Crippen LogP contribution >= 0.6 is 0 Å². The minimum atomic E-state index is -0.107. The minimum absolute atomic E-state index is 0.107. The van der Waals surface area contributed by atoms with Crippen molar-refractivity contribution in [3.8, 4) is 22.6 Å². The molecule has 0 unspecified atom stereocenters. The van der Waals surface area contributed by atoms with Gasteiger partial charge in [-0.3, -0.25) is 4.79 Å². The minimum Gasteiger partial charge on any atom is -0.496 e. The van der Waals surface area contributed by atoms with E-state index < -0.39 is 0 Å². The summed E-state index contributed by atoms with van der Waals surface area (Å²) in [6, 6.07) is 5.93. The lowest BCUT2D eigenvalue weighted by Crippen LogP contribution is -2.25. The number of anilines is 1. The van der Waals surface area contributed by atoms with Gasteiger partial charge in [0, 0.05) is 57.1 Å². The SMILES string of the molecule is COc1cc(-c2cn(C)c(=O)c3cnc(N(C)CCOCCOCCN)cc23)cc(OC)c1CN(C)C. The van der Waals surface area contributed by atoms with Crippen LogP contribution in [0.15, 0.2) is 35.4 Å². The number of methoxy groups -OCH3 is 2. The smallest absolute Gasteiger partial charge is 0.259 e. The number of aryl methyl sites for hydroxylation is 1. The zero-order valence-corrected chi connectivity index (χ0v) is 22.7. The molecular weight excluding hydrogens is 474 g/mol. The monoisotopic (exact) mass is 513 g/mol. The lowest BCUT2D eigenvalue weighted by Gasteiger charge is -2.21. The Hall–Kier alpha value is -3.18. The van der Waals surface area contributed by atoms with E-state index in [-0.39, 0.29) is 5.56 Å². The first kappa shape index (κ1) is 28.4. The van der Waals surface area contributed by atoms with Gasteiger partial charge in [0.1, 0.15) is 17.3 Å². The third-order valence-electron chi connectivity index (χ3n) is 6.04. The highest BCUT2D eigenvalue weighted by Gasteiger charge is 2.18. The van der Waals surface area contributed by atoms with Crippen LogP contribution in [0.4, 0.5) is 5.82 Å². The fraction of sp³-hybridized carbons (Fsp3) is 0.481. The highest BCUT2D eigenvalue weighted by Crippen LogP contribution is 2.38. The summed E-state index contributed by atoms with van der Waals surface area (Å²) in [5.74, 6) is 2.20. The van der Waals surface area contributed by atoms with E-state index in [0.717, 1.165) is 39.4 Å². The van der Waals surface area contributed by atoms with Gasteiger partial charge in [0.25, 0.3) is 5.56 Å². The molecule has 0 atom stereocenters. The predicted molar refractivity (Wildman–Crippen MR) is 147 cm³/mol. The average molecular weight is 514 g/mol. The Morgan fingerprint density at radius 2 is 1.59 bits per heavy atom. The number of likely N-dealkylation sites (N-methyl/N-ethyl adjacent to an activating group) is 1. The van der Waals surface area contributed by atoms with Crippen molar-refractivity contribution in [3.05, 3.63) is 46.5 Å². The molecule has 0 bridgehead atoms. The highest BCUT2D eigenvalue weighted by molar-refractivity contribution is 5.97. The van der Waals surface area contributed by atoms with Gasteiger partial charge in [-0.05, 0) is 37.9 Å². The maximum atomic E-state index is 12.9. The fourth-order valence-corrected chi connectivity index (χ4v) is 4.12. The number of pyridine rings is 2. The Kier molecular flexibility index (Phi) is 10.3. The number of fused-ring (bicyclic) bond motifs is 1. The van der Waals surface area contributed by atoms with Crippen molar-refractivity contribution in [2.75, 3.05) is 79.8 Å². The number of benzene rings is 1. The van der Waals surface area contributed by atoms with Crippen LogP contribution in [0, 0.1) is 0 Å². The molecule has 10 heteroatoms. The maximum absolute atomic E-state index is 12.9. The van der Waals surface area contributed by atoms with Gasteiger partial charge in [0.15, 0.2) is 0 Å². The molecule has 0 saturated heterocycles. The van der Waals surface area contributed by atoms with E-state index in [1.54, 1.807) is 32.0 Å². The molecule has 1 aromatic carbocycles. The normalized spacial score (nSPS) is 11.4. The number of aromatic nitrogens is 2. The van der Waals surface area contributed by atoms with Crippen LogP contribution in [0.2, 0.25) is 0 Å². The molecule has 0 spiro atoms. The summed E-state index contributed by atoms with van der Waals surface area (Å²) in [7, 11) is 11.0. The second-order valence-corrected chi connectivity index (χ2v) is 9.08. The lowest BCUT2D eigenvalue weighted by atomic mass is 9.98. The molecule has 0 amide bonds. The number of ether oxygens (including phenoxy) is 4. The summed E-state index contributed by atoms with van der Waals surface area (Å²) in [6.07, 6.45) is 3.49. The second-order valence-electron chi connectivity index (χ2n) is 9.08. The molecule has 3 aromatic rings. The van der Waals surface area contributed by atoms with Gasteiger partial charge in [0.05, 0.1) is 51.6 Å². The molecule has 202 valence electrons. The van der Waals surface area contributed by atoms with Crippen molar-refractivity contribution in [3.63, 3.8) is 0 Å². The number of nitrogens with two attached hydrogens (primary N) is 1. The predicted octanol–water partition coefficient (Wildman–Crippen LogP) is 2.11. The van der Waals surface area contributed by atoms with Gasteiger partial charge in [-0.25, -0.2) is 4.98 Å². The van der Waals surface area contributed by atoms with Crippen molar-refractivity contribution in [1.29, 1.82) is 0 Å². The third kappa shape index (κ3) is 6.98. The summed E-state index contributed by atoms with van der Waals surface area (Å²) in [4.78, 5) is 21.6. The van der Waals surface area contributed by atoms with Crippen LogP contribution in [-0.2, 0) is 23.1 Å². The quantitative estimate of drug-likeness (QED) is 0.325. The van der Waals surface area contributed by atoms with E-state index >= 15 is 0 Å². The molecule has 0 aliphatic carbocycles. The molecule has 0 fully saturated rings. The number of nitrogens with zero attached hydrogens (tertiary/aromatic N) is 4. The number of hydrogen-bond donors (Lipinski definition) is 1. The van der Waals surface area contributed by atoms with Crippen molar-refractivity contribution < 1.29 is 18.9 Å². The Labute approximate surface area is 218 Å². The van der Waals surface area contributed by atoms with Gasteiger partial charge in [-0.15, -0.1) is 0 Å². The zero-order chi connectivity index (χ0) is 26.9. The van der Waals surface area contributed by atoms with E-state index in [9.17, 15) is 4.79 Å². The van der Waals surface area contributed by atoms with Crippen molar-refractivity contribution >= 4 is 16.6 Å². The standard InChI is InChI=1S/C27H39N5O5/c1-30(2)17-23-24(34-5)13-19(14-25(23)35-6)22-18-32(4)27(33)21-16-29-26(15-20(21)22)31(3)8-10-37-12-11-36-9-7-28/h13-16,18H,7-12,17,28H2,1-6H3. The molecule has 2 aromatic heterocycles. The lowest BCUT2D eigenvalue weighted by molar-refractivity contribution is 0.0536. The second kappa shape index (κ2) is 13.4. The highest BCUT2D eigenvalue weighted by atomic mass is 16.5. The Morgan fingerprint density at radius 3 is 2.19 bits per heavy atom. The summed E-state index contributed by atoms with van der Waals surface area (Å²) in [5.41, 5.74) is 8.04. The third-order valence-corrected chi connectivity index (χ3v) is 6.04. The van der Waals surface area contributed by atoms with Crippen LogP contribution in [0.3, 0.4) is 0 Å².